The molecule has 0 spiro atoms. The molecule has 1 amide bonds. The first kappa shape index (κ1) is 20.4. The molecular formula is C19H22F2N3O3S+. The number of nitrogens with zero attached hydrogens (tertiary/aromatic N) is 1. The van der Waals surface area contributed by atoms with Crippen LogP contribution in [0.5, 0.6) is 0 Å². The zero-order valence-electron chi connectivity index (χ0n) is 15.4. The Kier molecular flexibility index (Phi) is 6.07. The summed E-state index contributed by atoms with van der Waals surface area (Å²) in [6.45, 7) is 3.18. The fourth-order valence-electron chi connectivity index (χ4n) is 3.14. The number of anilines is 1. The standard InChI is InChI=1S/C19H21F2N3O3S/c1-14-5-6-18(17(21)11-14)22-19(25)13-23-7-9-24(10-8-23)28(26,27)16-4-2-3-15(20)12-16/h2-6,11-12H,7-10,13H2,1H3,(H,22,25)/p+1. The van der Waals surface area contributed by atoms with E-state index in [0.717, 1.165) is 16.5 Å². The molecule has 0 aromatic heterocycles. The Hall–Kier alpha value is -2.36. The molecule has 1 aliphatic rings. The summed E-state index contributed by atoms with van der Waals surface area (Å²) in [4.78, 5) is 13.0. The molecule has 0 aliphatic carbocycles. The van der Waals surface area contributed by atoms with Crippen LogP contribution in [-0.4, -0.2) is 51.4 Å². The smallest absolute Gasteiger partial charge is 0.279 e. The van der Waals surface area contributed by atoms with Crippen molar-refractivity contribution < 1.29 is 26.9 Å². The second kappa shape index (κ2) is 8.34. The number of halogens is 2. The van der Waals surface area contributed by atoms with E-state index in [9.17, 15) is 22.0 Å². The summed E-state index contributed by atoms with van der Waals surface area (Å²) in [6.07, 6.45) is 0. The van der Waals surface area contributed by atoms with Gasteiger partial charge in [-0.3, -0.25) is 4.79 Å². The lowest BCUT2D eigenvalue weighted by Crippen LogP contribution is -3.15. The lowest BCUT2D eigenvalue weighted by atomic mass is 10.2. The molecule has 28 heavy (non-hydrogen) atoms. The summed E-state index contributed by atoms with van der Waals surface area (Å²) < 4.78 is 53.7. The van der Waals surface area contributed by atoms with E-state index in [0.29, 0.717) is 13.1 Å². The number of hydrogen-bond acceptors (Lipinski definition) is 3. The lowest BCUT2D eigenvalue weighted by Gasteiger charge is -2.31. The highest BCUT2D eigenvalue weighted by Gasteiger charge is 2.31. The van der Waals surface area contributed by atoms with Crippen molar-refractivity contribution in [3.63, 3.8) is 0 Å². The SMILES string of the molecule is Cc1ccc(NC(=O)C[NH+]2CCN(S(=O)(=O)c3cccc(F)c3)CC2)c(F)c1. The molecular weight excluding hydrogens is 388 g/mol. The number of amides is 1. The maximum atomic E-state index is 13.8. The largest absolute Gasteiger partial charge is 0.325 e. The van der Waals surface area contributed by atoms with Crippen LogP contribution in [0.1, 0.15) is 5.56 Å². The molecule has 1 heterocycles. The summed E-state index contributed by atoms with van der Waals surface area (Å²) in [6, 6.07) is 9.48. The van der Waals surface area contributed by atoms with Crippen molar-refractivity contribution in [1.29, 1.82) is 0 Å². The van der Waals surface area contributed by atoms with Crippen LogP contribution in [0.3, 0.4) is 0 Å². The van der Waals surface area contributed by atoms with Crippen LogP contribution in [-0.2, 0) is 14.8 Å². The van der Waals surface area contributed by atoms with Crippen LogP contribution in [0.4, 0.5) is 14.5 Å². The number of sulfonamides is 1. The molecule has 1 saturated heterocycles. The average Bonchev–Trinajstić information content (AvgIpc) is 2.64. The molecule has 9 heteroatoms. The predicted molar refractivity (Wildman–Crippen MR) is 100 cm³/mol. The summed E-state index contributed by atoms with van der Waals surface area (Å²) >= 11 is 0. The number of piperazine rings is 1. The maximum absolute atomic E-state index is 13.8. The third-order valence-corrected chi connectivity index (χ3v) is 6.57. The molecule has 2 aromatic carbocycles. The number of nitrogens with one attached hydrogen (secondary N) is 2. The van der Waals surface area contributed by atoms with Crippen LogP contribution in [0.2, 0.25) is 0 Å². The zero-order chi connectivity index (χ0) is 20.3. The van der Waals surface area contributed by atoms with E-state index < -0.39 is 21.7 Å². The minimum Gasteiger partial charge on any atom is -0.325 e. The molecule has 0 radical (unpaired) electrons. The Morgan fingerprint density at radius 1 is 1.14 bits per heavy atom. The van der Waals surface area contributed by atoms with Crippen molar-refractivity contribution >= 4 is 21.6 Å². The fourth-order valence-corrected chi connectivity index (χ4v) is 4.61. The maximum Gasteiger partial charge on any atom is 0.279 e. The zero-order valence-corrected chi connectivity index (χ0v) is 16.2. The van der Waals surface area contributed by atoms with Gasteiger partial charge >= 0.3 is 0 Å². The Morgan fingerprint density at radius 2 is 1.86 bits per heavy atom. The van der Waals surface area contributed by atoms with Gasteiger partial charge in [-0.25, -0.2) is 17.2 Å². The Labute approximate surface area is 162 Å². The normalized spacial score (nSPS) is 16.1. The molecule has 1 aliphatic heterocycles. The van der Waals surface area contributed by atoms with E-state index in [1.165, 1.54) is 34.6 Å². The van der Waals surface area contributed by atoms with Crippen molar-refractivity contribution in [2.75, 3.05) is 38.0 Å². The highest BCUT2D eigenvalue weighted by molar-refractivity contribution is 7.89. The van der Waals surface area contributed by atoms with Crippen molar-refractivity contribution in [3.05, 3.63) is 59.7 Å². The van der Waals surface area contributed by atoms with Crippen molar-refractivity contribution in [1.82, 2.24) is 4.31 Å². The van der Waals surface area contributed by atoms with Gasteiger partial charge in [-0.15, -0.1) is 0 Å². The number of rotatable bonds is 5. The first-order chi connectivity index (χ1) is 13.3. The van der Waals surface area contributed by atoms with Gasteiger partial charge in [-0.1, -0.05) is 12.1 Å². The summed E-state index contributed by atoms with van der Waals surface area (Å²) in [7, 11) is -3.76. The van der Waals surface area contributed by atoms with Gasteiger partial charge in [0.05, 0.1) is 36.8 Å². The summed E-state index contributed by atoms with van der Waals surface area (Å²) in [5.74, 6) is -1.43. The number of hydrogen-bond donors (Lipinski definition) is 2. The molecule has 2 N–H and O–H groups in total. The van der Waals surface area contributed by atoms with E-state index in [1.54, 1.807) is 13.0 Å². The Balaban J connectivity index is 1.56. The van der Waals surface area contributed by atoms with Crippen LogP contribution in [0.25, 0.3) is 0 Å². The van der Waals surface area contributed by atoms with Crippen LogP contribution in [0, 0.1) is 18.6 Å². The van der Waals surface area contributed by atoms with E-state index >= 15 is 0 Å². The summed E-state index contributed by atoms with van der Waals surface area (Å²) in [5, 5.41) is 2.55. The minimum absolute atomic E-state index is 0.0801. The van der Waals surface area contributed by atoms with Gasteiger partial charge in [0.25, 0.3) is 5.91 Å². The van der Waals surface area contributed by atoms with E-state index in [1.807, 2.05) is 0 Å². The third-order valence-electron chi connectivity index (χ3n) is 4.67. The van der Waals surface area contributed by atoms with Gasteiger partial charge in [-0.05, 0) is 42.8 Å². The number of carbonyl (C=O) groups is 1. The molecule has 150 valence electrons. The average molecular weight is 410 g/mol. The van der Waals surface area contributed by atoms with Gasteiger partial charge in [0, 0.05) is 0 Å². The van der Waals surface area contributed by atoms with Crippen molar-refractivity contribution in [2.45, 2.75) is 11.8 Å². The van der Waals surface area contributed by atoms with E-state index in [4.69, 9.17) is 0 Å². The van der Waals surface area contributed by atoms with Gasteiger partial charge in [-0.2, -0.15) is 4.31 Å². The van der Waals surface area contributed by atoms with Crippen LogP contribution >= 0.6 is 0 Å². The molecule has 1 fully saturated rings. The molecule has 2 aromatic rings. The lowest BCUT2D eigenvalue weighted by molar-refractivity contribution is -0.895. The number of aryl methyl sites for hydroxylation is 1. The minimum atomic E-state index is -3.76. The Morgan fingerprint density at radius 3 is 2.50 bits per heavy atom. The fraction of sp³-hybridized carbons (Fsp3) is 0.316. The van der Waals surface area contributed by atoms with Crippen LogP contribution < -0.4 is 10.2 Å². The van der Waals surface area contributed by atoms with Crippen molar-refractivity contribution in [2.24, 2.45) is 0 Å². The number of quaternary nitrogens is 1. The predicted octanol–water partition coefficient (Wildman–Crippen LogP) is 0.801. The third kappa shape index (κ3) is 4.73. The first-order valence-corrected chi connectivity index (χ1v) is 10.3. The van der Waals surface area contributed by atoms with Gasteiger partial charge in [0.2, 0.25) is 10.0 Å². The highest BCUT2D eigenvalue weighted by atomic mass is 32.2. The van der Waals surface area contributed by atoms with Gasteiger partial charge in [0.1, 0.15) is 11.6 Å². The van der Waals surface area contributed by atoms with E-state index in [-0.39, 0.29) is 36.1 Å². The molecule has 0 saturated carbocycles. The molecule has 3 rings (SSSR count). The molecule has 0 atom stereocenters. The quantitative estimate of drug-likeness (QED) is 0.766. The highest BCUT2D eigenvalue weighted by Crippen LogP contribution is 2.17. The van der Waals surface area contributed by atoms with Gasteiger partial charge < -0.3 is 10.2 Å². The van der Waals surface area contributed by atoms with E-state index in [2.05, 4.69) is 5.32 Å². The van der Waals surface area contributed by atoms with Crippen LogP contribution in [0.15, 0.2) is 47.4 Å². The number of carbonyl (C=O) groups excluding carboxylic acids is 1. The number of benzene rings is 2. The second-order valence-corrected chi connectivity index (χ2v) is 8.76. The second-order valence-electron chi connectivity index (χ2n) is 6.82. The van der Waals surface area contributed by atoms with Crippen molar-refractivity contribution in [3.8, 4) is 0 Å². The molecule has 0 unspecified atom stereocenters. The molecule has 0 bridgehead atoms. The topological polar surface area (TPSA) is 70.9 Å². The molecule has 6 nitrogen and oxygen atoms in total. The van der Waals surface area contributed by atoms with Gasteiger partial charge in [0.15, 0.2) is 6.54 Å². The first-order valence-electron chi connectivity index (χ1n) is 8.91. The summed E-state index contributed by atoms with van der Waals surface area (Å²) in [5.41, 5.74) is 0.888. The monoisotopic (exact) mass is 410 g/mol. The Bertz CT molecular complexity index is 974.